The van der Waals surface area contributed by atoms with E-state index in [2.05, 4.69) is 16.7 Å². The zero-order valence-electron chi connectivity index (χ0n) is 17.9. The summed E-state index contributed by atoms with van der Waals surface area (Å²) in [5.41, 5.74) is 9.82. The maximum Gasteiger partial charge on any atom is 0.356 e. The zero-order valence-corrected chi connectivity index (χ0v) is 17.9. The number of nitrogen functional groups attached to an aromatic ring is 1. The molecule has 1 aromatic heterocycles. The highest BCUT2D eigenvalue weighted by molar-refractivity contribution is 5.73. The van der Waals surface area contributed by atoms with Gasteiger partial charge in [0.1, 0.15) is 49.1 Å². The minimum absolute atomic E-state index is 0.231. The third kappa shape index (κ3) is 4.60. The second kappa shape index (κ2) is 9.49. The third-order valence-corrected chi connectivity index (χ3v) is 6.18. The van der Waals surface area contributed by atoms with Crippen molar-refractivity contribution in [1.82, 2.24) is 4.57 Å². The first kappa shape index (κ1) is 20.7. The number of para-hydroxylation sites is 3. The number of imidazole rings is 1. The third-order valence-electron chi connectivity index (χ3n) is 6.18. The maximum atomic E-state index is 10.7. The van der Waals surface area contributed by atoms with Crippen LogP contribution in [0.3, 0.4) is 0 Å². The predicted molar refractivity (Wildman–Crippen MR) is 119 cm³/mol. The number of benzene rings is 2. The summed E-state index contributed by atoms with van der Waals surface area (Å²) in [6.07, 6.45) is 3.36. The monoisotopic (exact) mass is 410 g/mol. The van der Waals surface area contributed by atoms with E-state index in [4.69, 9.17) is 10.5 Å². The molecule has 1 fully saturated rings. The van der Waals surface area contributed by atoms with Crippen molar-refractivity contribution in [2.45, 2.75) is 45.4 Å². The number of hydrogen-bond acceptors (Lipinski definition) is 3. The van der Waals surface area contributed by atoms with Crippen molar-refractivity contribution in [2.75, 3.05) is 32.0 Å². The van der Waals surface area contributed by atoms with Gasteiger partial charge in [0.05, 0.1) is 13.1 Å². The Labute approximate surface area is 178 Å². The number of quaternary nitrogens is 1. The van der Waals surface area contributed by atoms with Crippen LogP contribution in [0.1, 0.15) is 24.8 Å². The molecule has 0 amide bonds. The molecule has 3 aromatic rings. The molecule has 30 heavy (non-hydrogen) atoms. The molecule has 1 atom stereocenters. The van der Waals surface area contributed by atoms with Crippen molar-refractivity contribution in [3.63, 3.8) is 0 Å². The zero-order chi connectivity index (χ0) is 20.9. The van der Waals surface area contributed by atoms with E-state index in [1.807, 2.05) is 47.9 Å². The van der Waals surface area contributed by atoms with E-state index in [9.17, 15) is 5.11 Å². The van der Waals surface area contributed by atoms with E-state index in [-0.39, 0.29) is 6.61 Å². The number of aliphatic hydroxyl groups excluding tert-OH is 1. The average molecular weight is 411 g/mol. The number of hydrogen-bond donors (Lipinski definition) is 3. The predicted octanol–water partition coefficient (Wildman–Crippen LogP) is 1.33. The summed E-state index contributed by atoms with van der Waals surface area (Å²) in [6, 6.07) is 16.1. The summed E-state index contributed by atoms with van der Waals surface area (Å²) in [5, 5.41) is 10.7. The fourth-order valence-corrected chi connectivity index (χ4v) is 4.48. The molecular weight excluding hydrogens is 376 g/mol. The molecule has 160 valence electrons. The Morgan fingerprint density at radius 2 is 1.83 bits per heavy atom. The Kier molecular flexibility index (Phi) is 6.55. The summed E-state index contributed by atoms with van der Waals surface area (Å²) in [4.78, 5) is 1.66. The molecule has 0 unspecified atom stereocenters. The van der Waals surface area contributed by atoms with Crippen molar-refractivity contribution in [3.8, 4) is 5.75 Å². The van der Waals surface area contributed by atoms with E-state index in [0.717, 1.165) is 35.4 Å². The Bertz CT molecular complexity index is 978. The molecule has 6 heteroatoms. The number of aromatic nitrogens is 2. The van der Waals surface area contributed by atoms with E-state index in [1.165, 1.54) is 32.4 Å². The van der Waals surface area contributed by atoms with Gasteiger partial charge in [-0.25, -0.2) is 9.13 Å². The number of ether oxygens (including phenoxy) is 1. The standard InChI is InChI=1S/C24H32N4O2/c1-19-9-3-6-12-23(19)30-18-20(29)17-28-22-11-5-4-10-21(22)27(24(28)25)16-15-26-13-7-2-8-14-26/h3-6,9-12,20,25,29H,2,7-8,13-18H2,1H3/p+2/t20-/m1/s1. The summed E-state index contributed by atoms with van der Waals surface area (Å²) in [5.74, 6) is 1.50. The first-order valence-corrected chi connectivity index (χ1v) is 11.1. The lowest BCUT2D eigenvalue weighted by molar-refractivity contribution is -0.905. The molecule has 0 bridgehead atoms. The highest BCUT2D eigenvalue weighted by Crippen LogP contribution is 2.18. The highest BCUT2D eigenvalue weighted by Gasteiger charge is 2.24. The molecule has 1 aliphatic rings. The van der Waals surface area contributed by atoms with Crippen molar-refractivity contribution >= 4 is 17.0 Å². The van der Waals surface area contributed by atoms with Crippen LogP contribution in [0.4, 0.5) is 5.95 Å². The number of nitrogens with one attached hydrogen (secondary N) is 1. The molecule has 6 nitrogen and oxygen atoms in total. The van der Waals surface area contributed by atoms with E-state index < -0.39 is 6.10 Å². The van der Waals surface area contributed by atoms with Gasteiger partial charge in [-0.15, -0.1) is 0 Å². The summed E-state index contributed by atoms with van der Waals surface area (Å²) >= 11 is 0. The first-order chi connectivity index (χ1) is 14.6. The Balaban J connectivity index is 1.47. The van der Waals surface area contributed by atoms with Crippen LogP contribution < -0.4 is 19.9 Å². The number of nitrogens with zero attached hydrogens (tertiary/aromatic N) is 2. The summed E-state index contributed by atoms with van der Waals surface area (Å²) < 4.78 is 10.1. The van der Waals surface area contributed by atoms with Crippen LogP contribution in [0.25, 0.3) is 11.0 Å². The molecule has 0 aliphatic carbocycles. The number of anilines is 1. The molecule has 0 spiro atoms. The highest BCUT2D eigenvalue weighted by atomic mass is 16.5. The maximum absolute atomic E-state index is 10.7. The molecule has 2 aromatic carbocycles. The average Bonchev–Trinajstić information content (AvgIpc) is 3.03. The number of likely N-dealkylation sites (tertiary alicyclic amines) is 1. The van der Waals surface area contributed by atoms with E-state index in [0.29, 0.717) is 12.5 Å². The number of nitrogens with two attached hydrogens (primary N) is 1. The number of aliphatic hydroxyl groups is 1. The molecule has 1 saturated heterocycles. The lowest BCUT2D eigenvalue weighted by atomic mass is 10.1. The van der Waals surface area contributed by atoms with Gasteiger partial charge in [0.2, 0.25) is 0 Å². The second-order valence-electron chi connectivity index (χ2n) is 8.40. The number of fused-ring (bicyclic) bond motifs is 1. The number of aryl methyl sites for hydroxylation is 1. The van der Waals surface area contributed by atoms with Crippen LogP contribution in [0.15, 0.2) is 48.5 Å². The fraction of sp³-hybridized carbons (Fsp3) is 0.458. The van der Waals surface area contributed by atoms with Crippen LogP contribution in [0.5, 0.6) is 5.75 Å². The van der Waals surface area contributed by atoms with Crippen molar-refractivity contribution in [2.24, 2.45) is 0 Å². The summed E-state index contributed by atoms with van der Waals surface area (Å²) in [6.45, 7) is 7.14. The number of piperidine rings is 1. The van der Waals surface area contributed by atoms with Crippen molar-refractivity contribution in [3.05, 3.63) is 54.1 Å². The molecular formula is C24H34N4O2+2. The molecule has 2 heterocycles. The van der Waals surface area contributed by atoms with Crippen LogP contribution >= 0.6 is 0 Å². The van der Waals surface area contributed by atoms with Gasteiger partial charge in [-0.3, -0.25) is 5.73 Å². The van der Waals surface area contributed by atoms with Crippen molar-refractivity contribution < 1.29 is 19.3 Å². The SMILES string of the molecule is Cc1ccccc1OC[C@H](O)C[n+]1c(N)n(CC[NH+]2CCCCC2)c2ccccc21. The smallest absolute Gasteiger partial charge is 0.356 e. The normalized spacial score (nSPS) is 16.1. The lowest BCUT2D eigenvalue weighted by Gasteiger charge is -2.22. The van der Waals surface area contributed by atoms with Gasteiger partial charge >= 0.3 is 5.95 Å². The van der Waals surface area contributed by atoms with Crippen molar-refractivity contribution in [1.29, 1.82) is 0 Å². The Morgan fingerprint density at radius 1 is 1.10 bits per heavy atom. The second-order valence-corrected chi connectivity index (χ2v) is 8.40. The van der Waals surface area contributed by atoms with Crippen LogP contribution in [-0.2, 0) is 13.1 Å². The van der Waals surface area contributed by atoms with E-state index in [1.54, 1.807) is 4.90 Å². The van der Waals surface area contributed by atoms with Gasteiger partial charge in [-0.2, -0.15) is 0 Å². The molecule has 4 N–H and O–H groups in total. The van der Waals surface area contributed by atoms with Gasteiger partial charge < -0.3 is 14.7 Å². The molecule has 0 radical (unpaired) electrons. The van der Waals surface area contributed by atoms with Crippen LogP contribution in [-0.4, -0.2) is 42.0 Å². The first-order valence-electron chi connectivity index (χ1n) is 11.1. The minimum atomic E-state index is -0.649. The van der Waals surface area contributed by atoms with Gasteiger partial charge in [0.25, 0.3) is 0 Å². The molecule has 1 aliphatic heterocycles. The Morgan fingerprint density at radius 3 is 2.63 bits per heavy atom. The quantitative estimate of drug-likeness (QED) is 0.491. The molecule has 0 saturated carbocycles. The topological polar surface area (TPSA) is 68.7 Å². The van der Waals surface area contributed by atoms with Gasteiger partial charge in [0.15, 0.2) is 0 Å². The van der Waals surface area contributed by atoms with Gasteiger partial charge in [-0.1, -0.05) is 30.3 Å². The molecule has 4 rings (SSSR count). The van der Waals surface area contributed by atoms with Crippen LogP contribution in [0, 0.1) is 6.92 Å². The van der Waals surface area contributed by atoms with Crippen LogP contribution in [0.2, 0.25) is 0 Å². The lowest BCUT2D eigenvalue weighted by Crippen LogP contribution is -3.13. The summed E-state index contributed by atoms with van der Waals surface area (Å²) in [7, 11) is 0. The van der Waals surface area contributed by atoms with Gasteiger partial charge in [-0.05, 0) is 49.9 Å². The minimum Gasteiger partial charge on any atom is -0.490 e. The van der Waals surface area contributed by atoms with E-state index >= 15 is 0 Å². The fourth-order valence-electron chi connectivity index (χ4n) is 4.48. The Hall–Kier alpha value is -2.57. The largest absolute Gasteiger partial charge is 0.490 e. The number of rotatable bonds is 8. The van der Waals surface area contributed by atoms with Gasteiger partial charge in [0, 0.05) is 0 Å².